The number of nitrogens with one attached hydrogen (secondary N) is 1. The van der Waals surface area contributed by atoms with E-state index in [9.17, 15) is 8.42 Å². The lowest BCUT2D eigenvalue weighted by Gasteiger charge is -2.15. The molecule has 0 radical (unpaired) electrons. The predicted octanol–water partition coefficient (Wildman–Crippen LogP) is 3.11. The number of likely N-dealkylation sites (N-methyl/N-ethyl adjacent to an activating group) is 1. The number of aromatic nitrogens is 2. The maximum absolute atomic E-state index is 12.7. The monoisotopic (exact) mass is 472 g/mol. The highest BCUT2D eigenvalue weighted by Gasteiger charge is 2.18. The van der Waals surface area contributed by atoms with Gasteiger partial charge in [0.2, 0.25) is 5.82 Å². The fourth-order valence-electron chi connectivity index (χ4n) is 2.82. The van der Waals surface area contributed by atoms with Crippen LogP contribution in [0.2, 0.25) is 0 Å². The van der Waals surface area contributed by atoms with Gasteiger partial charge in [-0.15, -0.1) is 0 Å². The first-order chi connectivity index (χ1) is 15.8. The van der Waals surface area contributed by atoms with E-state index in [2.05, 4.69) is 14.7 Å². The van der Waals surface area contributed by atoms with Crippen molar-refractivity contribution in [2.45, 2.75) is 18.4 Å². The first-order valence-corrected chi connectivity index (χ1v) is 11.7. The Labute approximate surface area is 194 Å². The molecule has 0 spiro atoms. The minimum Gasteiger partial charge on any atom is -0.493 e. The van der Waals surface area contributed by atoms with Gasteiger partial charge in [-0.3, -0.25) is 4.72 Å². The number of methoxy groups -OCH3 is 1. The Balaban J connectivity index is 1.73. The largest absolute Gasteiger partial charge is 0.493 e. The summed E-state index contributed by atoms with van der Waals surface area (Å²) < 4.78 is 44.9. The van der Waals surface area contributed by atoms with Crippen molar-refractivity contribution >= 4 is 15.8 Å². The average molecular weight is 473 g/mol. The van der Waals surface area contributed by atoms with Crippen LogP contribution in [0.5, 0.6) is 17.4 Å². The van der Waals surface area contributed by atoms with Gasteiger partial charge in [0, 0.05) is 18.9 Å². The van der Waals surface area contributed by atoms with Crippen molar-refractivity contribution < 1.29 is 22.6 Å². The van der Waals surface area contributed by atoms with Crippen LogP contribution in [0, 0.1) is 6.92 Å². The highest BCUT2D eigenvalue weighted by atomic mass is 32.2. The smallest absolute Gasteiger partial charge is 0.263 e. The van der Waals surface area contributed by atoms with Gasteiger partial charge < -0.3 is 19.1 Å². The maximum atomic E-state index is 12.7. The van der Waals surface area contributed by atoms with Gasteiger partial charge in [0.1, 0.15) is 13.2 Å². The second kappa shape index (κ2) is 11.0. The molecule has 2 aromatic carbocycles. The molecule has 0 amide bonds. The Morgan fingerprint density at radius 2 is 1.70 bits per heavy atom. The molecule has 0 aliphatic rings. The third-order valence-electron chi connectivity index (χ3n) is 4.63. The number of rotatable bonds is 11. The van der Waals surface area contributed by atoms with Gasteiger partial charge in [-0.05, 0) is 50.8 Å². The predicted molar refractivity (Wildman–Crippen MR) is 125 cm³/mol. The summed E-state index contributed by atoms with van der Waals surface area (Å²) in [5.41, 5.74) is 1.76. The van der Waals surface area contributed by atoms with E-state index >= 15 is 0 Å². The summed E-state index contributed by atoms with van der Waals surface area (Å²) in [6.45, 7) is 3.28. The van der Waals surface area contributed by atoms with Crippen LogP contribution in [0.15, 0.2) is 59.8 Å². The molecule has 3 aromatic rings. The molecular formula is C23H28N4O5S. The first kappa shape index (κ1) is 24.3. The molecule has 0 saturated carbocycles. The van der Waals surface area contributed by atoms with Crippen LogP contribution in [0.25, 0.3) is 0 Å². The molecule has 0 saturated heterocycles. The molecule has 176 valence electrons. The zero-order valence-electron chi connectivity index (χ0n) is 19.1. The van der Waals surface area contributed by atoms with Gasteiger partial charge in [0.15, 0.2) is 11.5 Å². The number of anilines is 1. The van der Waals surface area contributed by atoms with Gasteiger partial charge in [0.05, 0.1) is 12.0 Å². The maximum Gasteiger partial charge on any atom is 0.263 e. The van der Waals surface area contributed by atoms with Gasteiger partial charge >= 0.3 is 0 Å². The molecule has 0 fully saturated rings. The van der Waals surface area contributed by atoms with E-state index in [0.29, 0.717) is 18.1 Å². The van der Waals surface area contributed by atoms with Crippen molar-refractivity contribution in [3.63, 3.8) is 0 Å². The van der Waals surface area contributed by atoms with Crippen LogP contribution in [0.3, 0.4) is 0 Å². The summed E-state index contributed by atoms with van der Waals surface area (Å²) in [4.78, 5) is 10.4. The average Bonchev–Trinajstić information content (AvgIpc) is 2.78. The Morgan fingerprint density at radius 1 is 0.970 bits per heavy atom. The Kier molecular flexibility index (Phi) is 8.07. The lowest BCUT2D eigenvalue weighted by Crippen LogP contribution is -2.19. The fraction of sp³-hybridized carbons (Fsp3) is 0.304. The lowest BCUT2D eigenvalue weighted by molar-refractivity contribution is 0.249. The quantitative estimate of drug-likeness (QED) is 0.454. The van der Waals surface area contributed by atoms with Crippen LogP contribution in [0.1, 0.15) is 11.1 Å². The highest BCUT2D eigenvalue weighted by Crippen LogP contribution is 2.29. The summed E-state index contributed by atoms with van der Waals surface area (Å²) >= 11 is 0. The summed E-state index contributed by atoms with van der Waals surface area (Å²) in [5, 5.41) is 0. The number of ether oxygens (including phenoxy) is 3. The zero-order chi connectivity index (χ0) is 23.8. The normalized spacial score (nSPS) is 11.3. The fourth-order valence-corrected chi connectivity index (χ4v) is 3.82. The van der Waals surface area contributed by atoms with E-state index in [1.165, 1.54) is 24.5 Å². The van der Waals surface area contributed by atoms with Crippen molar-refractivity contribution in [1.82, 2.24) is 14.9 Å². The Bertz CT molecular complexity index is 1170. The van der Waals surface area contributed by atoms with Gasteiger partial charge in [-0.25, -0.2) is 18.4 Å². The number of hydrogen-bond donors (Lipinski definition) is 1. The molecular weight excluding hydrogens is 444 g/mol. The minimum absolute atomic E-state index is 0.00837. The summed E-state index contributed by atoms with van der Waals surface area (Å²) in [5.74, 6) is 1.29. The van der Waals surface area contributed by atoms with E-state index in [1.807, 2.05) is 38.1 Å². The van der Waals surface area contributed by atoms with Crippen LogP contribution >= 0.6 is 0 Å². The van der Waals surface area contributed by atoms with E-state index in [4.69, 9.17) is 14.2 Å². The van der Waals surface area contributed by atoms with Crippen LogP contribution in [-0.4, -0.2) is 57.6 Å². The molecule has 9 nitrogen and oxygen atoms in total. The molecule has 0 aliphatic heterocycles. The standard InChI is InChI=1S/C23H28N4O5S/c1-17-5-8-19(9-6-17)33(28,29)26-22-23(25-12-11-24-22)32-16-18-7-10-20(30-4)21(15-18)31-14-13-27(2)3/h5-12,15H,13-14,16H2,1-4H3,(H,24,26). The van der Waals surface area contributed by atoms with E-state index < -0.39 is 10.0 Å². The van der Waals surface area contributed by atoms with Gasteiger partial charge in [-0.2, -0.15) is 0 Å². The Morgan fingerprint density at radius 3 is 2.39 bits per heavy atom. The minimum atomic E-state index is -3.84. The number of nitrogens with zero attached hydrogens (tertiary/aromatic N) is 3. The van der Waals surface area contributed by atoms with E-state index in [1.54, 1.807) is 25.3 Å². The summed E-state index contributed by atoms with van der Waals surface area (Å²) in [6, 6.07) is 12.0. The van der Waals surface area contributed by atoms with Crippen LogP contribution in [0.4, 0.5) is 5.82 Å². The third kappa shape index (κ3) is 6.80. The Hall–Kier alpha value is -3.37. The molecule has 0 unspecified atom stereocenters. The van der Waals surface area contributed by atoms with Crippen molar-refractivity contribution in [3.05, 3.63) is 66.0 Å². The molecule has 1 aromatic heterocycles. The molecule has 0 atom stereocenters. The zero-order valence-corrected chi connectivity index (χ0v) is 19.9. The molecule has 3 rings (SSSR count). The molecule has 1 N–H and O–H groups in total. The molecule has 1 heterocycles. The van der Waals surface area contributed by atoms with Gasteiger partial charge in [0.25, 0.3) is 15.9 Å². The second-order valence-electron chi connectivity index (χ2n) is 7.55. The summed E-state index contributed by atoms with van der Waals surface area (Å²) in [7, 11) is 1.68. The molecule has 33 heavy (non-hydrogen) atoms. The van der Waals surface area contributed by atoms with Crippen molar-refractivity contribution in [3.8, 4) is 17.4 Å². The van der Waals surface area contributed by atoms with E-state index in [0.717, 1.165) is 17.7 Å². The topological polar surface area (TPSA) is 103 Å². The van der Waals surface area contributed by atoms with Crippen LogP contribution in [-0.2, 0) is 16.6 Å². The third-order valence-corrected chi connectivity index (χ3v) is 5.98. The number of sulfonamides is 1. The van der Waals surface area contributed by atoms with Crippen molar-refractivity contribution in [1.29, 1.82) is 0 Å². The van der Waals surface area contributed by atoms with Gasteiger partial charge in [-0.1, -0.05) is 23.8 Å². The first-order valence-electron chi connectivity index (χ1n) is 10.3. The SMILES string of the molecule is COc1ccc(COc2nccnc2NS(=O)(=O)c2ccc(C)cc2)cc1OCCN(C)C. The number of hydrogen-bond acceptors (Lipinski definition) is 8. The highest BCUT2D eigenvalue weighted by molar-refractivity contribution is 7.92. The second-order valence-corrected chi connectivity index (χ2v) is 9.24. The van der Waals surface area contributed by atoms with Crippen LogP contribution < -0.4 is 18.9 Å². The number of aryl methyl sites for hydroxylation is 1. The van der Waals surface area contributed by atoms with E-state index in [-0.39, 0.29) is 23.2 Å². The lowest BCUT2D eigenvalue weighted by atomic mass is 10.2. The van der Waals surface area contributed by atoms with Crippen molar-refractivity contribution in [2.75, 3.05) is 39.1 Å². The summed E-state index contributed by atoms with van der Waals surface area (Å²) in [6.07, 6.45) is 2.83. The molecule has 10 heteroatoms. The van der Waals surface area contributed by atoms with Crippen molar-refractivity contribution in [2.24, 2.45) is 0 Å². The molecule has 0 aliphatic carbocycles. The molecule has 0 bridgehead atoms. The number of benzene rings is 2.